The van der Waals surface area contributed by atoms with E-state index in [1.54, 1.807) is 12.1 Å². The first-order valence-corrected chi connectivity index (χ1v) is 5.99. The van der Waals surface area contributed by atoms with Crippen LogP contribution < -0.4 is 5.32 Å². The molecule has 0 aromatic heterocycles. The average Bonchev–Trinajstić information content (AvgIpc) is 2.19. The zero-order valence-corrected chi connectivity index (χ0v) is 9.92. The van der Waals surface area contributed by atoms with Gasteiger partial charge in [-0.05, 0) is 29.5 Å². The largest absolute Gasteiger partial charge is 0.441 e. The summed E-state index contributed by atoms with van der Waals surface area (Å²) < 4.78 is 35.3. The summed E-state index contributed by atoms with van der Waals surface area (Å²) in [7, 11) is 0. The van der Waals surface area contributed by atoms with Crippen LogP contribution >= 0.6 is 23.4 Å². The second kappa shape index (κ2) is 6.37. The van der Waals surface area contributed by atoms with Gasteiger partial charge in [-0.1, -0.05) is 23.7 Å². The Labute approximate surface area is 101 Å². The topological polar surface area (TPSA) is 12.0 Å². The summed E-state index contributed by atoms with van der Waals surface area (Å²) in [5.74, 6) is 0.0249. The molecule has 0 saturated carbocycles. The van der Waals surface area contributed by atoms with Crippen LogP contribution in [0.1, 0.15) is 5.56 Å². The van der Waals surface area contributed by atoms with Crippen LogP contribution in [0.15, 0.2) is 24.3 Å². The van der Waals surface area contributed by atoms with E-state index in [4.69, 9.17) is 11.6 Å². The monoisotopic (exact) mass is 269 g/mol. The van der Waals surface area contributed by atoms with Crippen molar-refractivity contribution in [3.05, 3.63) is 34.9 Å². The van der Waals surface area contributed by atoms with Gasteiger partial charge in [-0.15, -0.1) is 0 Å². The summed E-state index contributed by atoms with van der Waals surface area (Å²) in [6.07, 6.45) is 0. The second-order valence-electron chi connectivity index (χ2n) is 3.10. The van der Waals surface area contributed by atoms with E-state index in [0.29, 0.717) is 18.1 Å². The van der Waals surface area contributed by atoms with Gasteiger partial charge in [-0.2, -0.15) is 13.2 Å². The van der Waals surface area contributed by atoms with Gasteiger partial charge in [0.25, 0.3) is 0 Å². The molecule has 0 spiro atoms. The molecule has 0 aliphatic carbocycles. The predicted molar refractivity (Wildman–Crippen MR) is 61.7 cm³/mol. The van der Waals surface area contributed by atoms with Crippen molar-refractivity contribution >= 4 is 23.4 Å². The lowest BCUT2D eigenvalue weighted by molar-refractivity contribution is -0.0327. The van der Waals surface area contributed by atoms with E-state index in [9.17, 15) is 13.2 Å². The first-order valence-electron chi connectivity index (χ1n) is 4.63. The number of hydrogen-bond acceptors (Lipinski definition) is 2. The molecule has 0 fully saturated rings. The third-order valence-electron chi connectivity index (χ3n) is 1.79. The molecule has 0 radical (unpaired) electrons. The van der Waals surface area contributed by atoms with Crippen molar-refractivity contribution in [2.75, 3.05) is 12.3 Å². The Morgan fingerprint density at radius 2 is 1.81 bits per heavy atom. The summed E-state index contributed by atoms with van der Waals surface area (Å²) in [6, 6.07) is 7.19. The van der Waals surface area contributed by atoms with Gasteiger partial charge in [-0.3, -0.25) is 0 Å². The molecule has 0 bridgehead atoms. The molecule has 6 heteroatoms. The van der Waals surface area contributed by atoms with Gasteiger partial charge in [0.1, 0.15) is 0 Å². The van der Waals surface area contributed by atoms with E-state index in [1.165, 1.54) is 0 Å². The molecule has 1 nitrogen and oxygen atoms in total. The minimum atomic E-state index is -4.14. The van der Waals surface area contributed by atoms with Crippen molar-refractivity contribution in [2.24, 2.45) is 0 Å². The predicted octanol–water partition coefficient (Wildman–Crippen LogP) is 3.68. The lowest BCUT2D eigenvalue weighted by Gasteiger charge is -2.07. The number of halogens is 4. The first kappa shape index (κ1) is 13.7. The SMILES string of the molecule is FC(F)(F)SCCNCc1ccc(Cl)cc1. The lowest BCUT2D eigenvalue weighted by Crippen LogP contribution is -2.18. The number of thioether (sulfide) groups is 1. The van der Waals surface area contributed by atoms with Crippen molar-refractivity contribution in [3.8, 4) is 0 Å². The Kier molecular flexibility index (Phi) is 5.44. The van der Waals surface area contributed by atoms with Gasteiger partial charge in [0.05, 0.1) is 0 Å². The van der Waals surface area contributed by atoms with Crippen molar-refractivity contribution in [2.45, 2.75) is 12.1 Å². The summed E-state index contributed by atoms with van der Waals surface area (Å²) in [4.78, 5) is 0. The van der Waals surface area contributed by atoms with E-state index in [1.807, 2.05) is 12.1 Å². The molecule has 0 amide bonds. The van der Waals surface area contributed by atoms with Crippen LogP contribution in [0.5, 0.6) is 0 Å². The Bertz CT molecular complexity index is 313. The molecular weight excluding hydrogens is 259 g/mol. The molecule has 16 heavy (non-hydrogen) atoms. The molecule has 90 valence electrons. The molecular formula is C10H11ClF3NS. The Balaban J connectivity index is 2.14. The van der Waals surface area contributed by atoms with Gasteiger partial charge >= 0.3 is 5.51 Å². The van der Waals surface area contributed by atoms with Crippen molar-refractivity contribution in [3.63, 3.8) is 0 Å². The van der Waals surface area contributed by atoms with Crippen molar-refractivity contribution < 1.29 is 13.2 Å². The van der Waals surface area contributed by atoms with Crippen LogP contribution in [0.4, 0.5) is 13.2 Å². The van der Waals surface area contributed by atoms with Crippen LogP contribution in [-0.2, 0) is 6.54 Å². The molecule has 0 aliphatic rings. The highest BCUT2D eigenvalue weighted by atomic mass is 35.5. The summed E-state index contributed by atoms with van der Waals surface area (Å²) in [5, 5.41) is 3.58. The van der Waals surface area contributed by atoms with Gasteiger partial charge in [0.2, 0.25) is 0 Å². The molecule has 1 aromatic carbocycles. The molecule has 1 N–H and O–H groups in total. The molecule has 1 rings (SSSR count). The number of hydrogen-bond donors (Lipinski definition) is 1. The normalized spacial score (nSPS) is 11.8. The van der Waals surface area contributed by atoms with Gasteiger partial charge in [0.15, 0.2) is 0 Å². The van der Waals surface area contributed by atoms with Crippen LogP contribution in [0.3, 0.4) is 0 Å². The zero-order chi connectivity index (χ0) is 12.0. The highest BCUT2D eigenvalue weighted by molar-refractivity contribution is 8.00. The van der Waals surface area contributed by atoms with E-state index in [2.05, 4.69) is 5.32 Å². The molecule has 0 heterocycles. The third-order valence-corrected chi connectivity index (χ3v) is 2.77. The first-order chi connectivity index (χ1) is 7.47. The van der Waals surface area contributed by atoms with Gasteiger partial charge < -0.3 is 5.32 Å². The Morgan fingerprint density at radius 3 is 2.38 bits per heavy atom. The molecule has 1 aromatic rings. The Hall–Kier alpha value is -0.390. The van der Waals surface area contributed by atoms with E-state index < -0.39 is 5.51 Å². The van der Waals surface area contributed by atoms with Gasteiger partial charge in [-0.25, -0.2) is 0 Å². The molecule has 0 aliphatic heterocycles. The standard InChI is InChI=1S/C10H11ClF3NS/c11-9-3-1-8(2-4-9)7-15-5-6-16-10(12,13)14/h1-4,15H,5-7H2. The number of alkyl halides is 3. The van der Waals surface area contributed by atoms with Crippen LogP contribution in [0.25, 0.3) is 0 Å². The number of nitrogens with one attached hydrogen (secondary N) is 1. The summed E-state index contributed by atoms with van der Waals surface area (Å²) >= 11 is 5.68. The molecule has 0 saturated heterocycles. The third kappa shape index (κ3) is 6.25. The smallest absolute Gasteiger partial charge is 0.312 e. The summed E-state index contributed by atoms with van der Waals surface area (Å²) in [5.41, 5.74) is -3.14. The van der Waals surface area contributed by atoms with E-state index in [-0.39, 0.29) is 17.5 Å². The average molecular weight is 270 g/mol. The minimum absolute atomic E-state index is 0.0125. The quantitative estimate of drug-likeness (QED) is 0.819. The van der Waals surface area contributed by atoms with Gasteiger partial charge in [0, 0.05) is 23.9 Å². The molecule has 0 atom stereocenters. The maximum atomic E-state index is 11.8. The fourth-order valence-electron chi connectivity index (χ4n) is 1.07. The zero-order valence-electron chi connectivity index (χ0n) is 8.35. The van der Waals surface area contributed by atoms with Crippen molar-refractivity contribution in [1.82, 2.24) is 5.32 Å². The fraction of sp³-hybridized carbons (Fsp3) is 0.400. The van der Waals surface area contributed by atoms with Crippen molar-refractivity contribution in [1.29, 1.82) is 0 Å². The highest BCUT2D eigenvalue weighted by Crippen LogP contribution is 2.29. The maximum Gasteiger partial charge on any atom is 0.441 e. The highest BCUT2D eigenvalue weighted by Gasteiger charge is 2.27. The van der Waals surface area contributed by atoms with E-state index in [0.717, 1.165) is 5.56 Å². The minimum Gasteiger partial charge on any atom is -0.312 e. The second-order valence-corrected chi connectivity index (χ2v) is 4.69. The fourth-order valence-corrected chi connectivity index (χ4v) is 1.68. The Morgan fingerprint density at radius 1 is 1.19 bits per heavy atom. The molecule has 0 unspecified atom stereocenters. The summed E-state index contributed by atoms with van der Waals surface area (Å²) in [6.45, 7) is 0.877. The maximum absolute atomic E-state index is 11.8. The van der Waals surface area contributed by atoms with E-state index >= 15 is 0 Å². The number of rotatable bonds is 5. The lowest BCUT2D eigenvalue weighted by atomic mass is 10.2. The van der Waals surface area contributed by atoms with Crippen LogP contribution in [0.2, 0.25) is 5.02 Å². The van der Waals surface area contributed by atoms with Crippen LogP contribution in [-0.4, -0.2) is 17.8 Å². The van der Waals surface area contributed by atoms with Crippen LogP contribution in [0, 0.1) is 0 Å². The number of benzene rings is 1.